The molecule has 1 fully saturated rings. The molecule has 2 rings (SSSR count). The highest BCUT2D eigenvalue weighted by Gasteiger charge is 2.13. The summed E-state index contributed by atoms with van der Waals surface area (Å²) in [5.74, 6) is 0.633. The Morgan fingerprint density at radius 2 is 2.00 bits per heavy atom. The maximum atomic E-state index is 12.1. The molecular formula is C12H18N2O2S. The van der Waals surface area contributed by atoms with E-state index < -0.39 is 10.8 Å². The molecule has 17 heavy (non-hydrogen) atoms. The quantitative estimate of drug-likeness (QED) is 0.804. The molecule has 0 aliphatic carbocycles. The molecule has 0 bridgehead atoms. The molecule has 1 aliphatic heterocycles. The first-order valence-electron chi connectivity index (χ1n) is 5.80. The van der Waals surface area contributed by atoms with E-state index in [0.717, 1.165) is 37.7 Å². The standard InChI is InChI=1S/C12H18N2O2S/c13-11-3-1-2-4-12(11)17(15)10-7-14-5-8-16-9-6-14/h1-4H,5-10,13H2. The summed E-state index contributed by atoms with van der Waals surface area (Å²) in [5.41, 5.74) is 6.42. The van der Waals surface area contributed by atoms with Crippen LogP contribution in [0.25, 0.3) is 0 Å². The van der Waals surface area contributed by atoms with Crippen LogP contribution in [0.4, 0.5) is 5.69 Å². The summed E-state index contributed by atoms with van der Waals surface area (Å²) in [7, 11) is -1.00. The molecule has 1 saturated heterocycles. The third-order valence-electron chi connectivity index (χ3n) is 2.86. The van der Waals surface area contributed by atoms with Crippen LogP contribution in [0.1, 0.15) is 0 Å². The lowest BCUT2D eigenvalue weighted by Crippen LogP contribution is -2.38. The fraction of sp³-hybridized carbons (Fsp3) is 0.500. The van der Waals surface area contributed by atoms with Crippen LogP contribution in [0.5, 0.6) is 0 Å². The molecule has 0 aromatic heterocycles. The van der Waals surface area contributed by atoms with Crippen LogP contribution in [-0.2, 0) is 15.5 Å². The zero-order valence-electron chi connectivity index (χ0n) is 9.80. The Morgan fingerprint density at radius 1 is 1.29 bits per heavy atom. The van der Waals surface area contributed by atoms with Crippen LogP contribution in [-0.4, -0.2) is 47.7 Å². The van der Waals surface area contributed by atoms with Crippen molar-refractivity contribution in [3.63, 3.8) is 0 Å². The van der Waals surface area contributed by atoms with Crippen LogP contribution < -0.4 is 5.73 Å². The first kappa shape index (κ1) is 12.5. The predicted octanol–water partition coefficient (Wildman–Crippen LogP) is 0.709. The molecular weight excluding hydrogens is 236 g/mol. The van der Waals surface area contributed by atoms with E-state index in [0.29, 0.717) is 11.4 Å². The molecule has 4 nitrogen and oxygen atoms in total. The Hall–Kier alpha value is -0.910. The van der Waals surface area contributed by atoms with E-state index in [-0.39, 0.29) is 0 Å². The van der Waals surface area contributed by atoms with E-state index in [1.54, 1.807) is 6.07 Å². The van der Waals surface area contributed by atoms with E-state index in [2.05, 4.69) is 4.90 Å². The number of rotatable bonds is 4. The molecule has 0 radical (unpaired) electrons. The Balaban J connectivity index is 1.87. The monoisotopic (exact) mass is 254 g/mol. The molecule has 94 valence electrons. The Labute approximate surface area is 104 Å². The Morgan fingerprint density at radius 3 is 2.71 bits per heavy atom. The minimum atomic E-state index is -1.00. The van der Waals surface area contributed by atoms with E-state index in [4.69, 9.17) is 10.5 Å². The average Bonchev–Trinajstić information content (AvgIpc) is 2.38. The lowest BCUT2D eigenvalue weighted by molar-refractivity contribution is 0.0409. The van der Waals surface area contributed by atoms with Crippen molar-refractivity contribution in [3.8, 4) is 0 Å². The van der Waals surface area contributed by atoms with Crippen LogP contribution in [0.3, 0.4) is 0 Å². The number of nitrogens with zero attached hydrogens (tertiary/aromatic N) is 1. The fourth-order valence-corrected chi connectivity index (χ4v) is 3.04. The molecule has 1 unspecified atom stereocenters. The number of hydrogen-bond acceptors (Lipinski definition) is 4. The molecule has 5 heteroatoms. The Kier molecular flexibility index (Phi) is 4.53. The Bertz CT molecular complexity index is 392. The van der Waals surface area contributed by atoms with Gasteiger partial charge < -0.3 is 10.5 Å². The van der Waals surface area contributed by atoms with Gasteiger partial charge in [0.05, 0.1) is 28.9 Å². The first-order valence-corrected chi connectivity index (χ1v) is 7.12. The fourth-order valence-electron chi connectivity index (χ4n) is 1.83. The normalized spacial score (nSPS) is 19.1. The topological polar surface area (TPSA) is 55.6 Å². The van der Waals surface area contributed by atoms with Crippen LogP contribution >= 0.6 is 0 Å². The number of para-hydroxylation sites is 1. The number of nitrogen functional groups attached to an aromatic ring is 1. The maximum absolute atomic E-state index is 12.1. The van der Waals surface area contributed by atoms with E-state index >= 15 is 0 Å². The van der Waals surface area contributed by atoms with E-state index in [1.165, 1.54) is 0 Å². The van der Waals surface area contributed by atoms with Gasteiger partial charge in [-0.25, -0.2) is 0 Å². The lowest BCUT2D eigenvalue weighted by Gasteiger charge is -2.26. The van der Waals surface area contributed by atoms with Gasteiger partial charge in [0.2, 0.25) is 0 Å². The summed E-state index contributed by atoms with van der Waals surface area (Å²) in [6, 6.07) is 7.36. The smallest absolute Gasteiger partial charge is 0.0617 e. The molecule has 0 amide bonds. The zero-order chi connectivity index (χ0) is 12.1. The van der Waals surface area contributed by atoms with Crippen molar-refractivity contribution in [2.24, 2.45) is 0 Å². The van der Waals surface area contributed by atoms with Gasteiger partial charge in [0, 0.05) is 31.1 Å². The minimum Gasteiger partial charge on any atom is -0.398 e. The predicted molar refractivity (Wildman–Crippen MR) is 69.4 cm³/mol. The number of ether oxygens (including phenoxy) is 1. The molecule has 2 N–H and O–H groups in total. The number of anilines is 1. The molecule has 0 saturated carbocycles. The maximum Gasteiger partial charge on any atom is 0.0617 e. The first-order chi connectivity index (χ1) is 8.27. The highest BCUT2D eigenvalue weighted by atomic mass is 32.2. The zero-order valence-corrected chi connectivity index (χ0v) is 10.6. The molecule has 1 aliphatic rings. The third-order valence-corrected chi connectivity index (χ3v) is 4.28. The molecule has 1 aromatic carbocycles. The second kappa shape index (κ2) is 6.14. The van der Waals surface area contributed by atoms with Crippen LogP contribution in [0.2, 0.25) is 0 Å². The number of benzene rings is 1. The van der Waals surface area contributed by atoms with Crippen LogP contribution in [0, 0.1) is 0 Å². The number of hydrogen-bond donors (Lipinski definition) is 1. The van der Waals surface area contributed by atoms with Crippen molar-refractivity contribution in [2.45, 2.75) is 4.90 Å². The van der Waals surface area contributed by atoms with Crippen molar-refractivity contribution < 1.29 is 8.95 Å². The molecule has 0 spiro atoms. The van der Waals surface area contributed by atoms with Crippen molar-refractivity contribution in [1.82, 2.24) is 4.90 Å². The summed E-state index contributed by atoms with van der Waals surface area (Å²) >= 11 is 0. The van der Waals surface area contributed by atoms with Crippen molar-refractivity contribution in [1.29, 1.82) is 0 Å². The molecule has 1 aromatic rings. The second-order valence-electron chi connectivity index (χ2n) is 4.04. The largest absolute Gasteiger partial charge is 0.398 e. The van der Waals surface area contributed by atoms with Gasteiger partial charge in [0.1, 0.15) is 0 Å². The summed E-state index contributed by atoms with van der Waals surface area (Å²) < 4.78 is 17.4. The SMILES string of the molecule is Nc1ccccc1S(=O)CCN1CCOCC1. The van der Waals surface area contributed by atoms with Gasteiger partial charge in [-0.15, -0.1) is 0 Å². The van der Waals surface area contributed by atoms with E-state index in [1.807, 2.05) is 18.2 Å². The van der Waals surface area contributed by atoms with Gasteiger partial charge in [-0.2, -0.15) is 0 Å². The van der Waals surface area contributed by atoms with Gasteiger partial charge in [-0.1, -0.05) is 12.1 Å². The summed E-state index contributed by atoms with van der Waals surface area (Å²) in [5, 5.41) is 0. The number of morpholine rings is 1. The van der Waals surface area contributed by atoms with Gasteiger partial charge in [-0.05, 0) is 12.1 Å². The van der Waals surface area contributed by atoms with Crippen molar-refractivity contribution in [2.75, 3.05) is 44.3 Å². The van der Waals surface area contributed by atoms with Gasteiger partial charge in [-0.3, -0.25) is 9.11 Å². The van der Waals surface area contributed by atoms with E-state index in [9.17, 15) is 4.21 Å². The number of nitrogens with two attached hydrogens (primary N) is 1. The van der Waals surface area contributed by atoms with Crippen LogP contribution in [0.15, 0.2) is 29.2 Å². The van der Waals surface area contributed by atoms with Gasteiger partial charge in [0.25, 0.3) is 0 Å². The highest BCUT2D eigenvalue weighted by molar-refractivity contribution is 7.85. The molecule has 1 heterocycles. The minimum absolute atomic E-state index is 0.618. The van der Waals surface area contributed by atoms with Gasteiger partial charge >= 0.3 is 0 Å². The lowest BCUT2D eigenvalue weighted by atomic mass is 10.3. The average molecular weight is 254 g/mol. The summed E-state index contributed by atoms with van der Waals surface area (Å²) in [6.45, 7) is 4.26. The highest BCUT2D eigenvalue weighted by Crippen LogP contribution is 2.15. The van der Waals surface area contributed by atoms with Crippen molar-refractivity contribution >= 4 is 16.5 Å². The second-order valence-corrected chi connectivity index (χ2v) is 5.58. The summed E-state index contributed by atoms with van der Waals surface area (Å²) in [6.07, 6.45) is 0. The molecule has 1 atom stereocenters. The van der Waals surface area contributed by atoms with Gasteiger partial charge in [0.15, 0.2) is 0 Å². The summed E-state index contributed by atoms with van der Waals surface area (Å²) in [4.78, 5) is 3.03. The van der Waals surface area contributed by atoms with Crippen molar-refractivity contribution in [3.05, 3.63) is 24.3 Å². The third kappa shape index (κ3) is 3.52.